The van der Waals surface area contributed by atoms with Gasteiger partial charge in [-0.25, -0.2) is 8.42 Å². The van der Waals surface area contributed by atoms with E-state index in [-0.39, 0.29) is 23.3 Å². The first-order valence-corrected chi connectivity index (χ1v) is 10.8. The summed E-state index contributed by atoms with van der Waals surface area (Å²) in [6, 6.07) is 12.6. The molecule has 1 aliphatic heterocycles. The lowest BCUT2D eigenvalue weighted by Crippen LogP contribution is -2.43. The van der Waals surface area contributed by atoms with Crippen molar-refractivity contribution in [3.63, 3.8) is 0 Å². The van der Waals surface area contributed by atoms with Crippen molar-refractivity contribution in [2.75, 3.05) is 25.5 Å². The van der Waals surface area contributed by atoms with Crippen LogP contribution in [0.15, 0.2) is 47.4 Å². The molecular weight excluding hydrogens is 376 g/mol. The largest absolute Gasteiger partial charge is 0.495 e. The van der Waals surface area contributed by atoms with Gasteiger partial charge >= 0.3 is 0 Å². The van der Waals surface area contributed by atoms with E-state index in [1.807, 2.05) is 44.2 Å². The number of methoxy groups -OCH3 is 1. The first-order chi connectivity index (χ1) is 13.3. The Bertz CT molecular complexity index is 955. The third-order valence-corrected chi connectivity index (χ3v) is 6.90. The first-order valence-electron chi connectivity index (χ1n) is 9.33. The maximum absolute atomic E-state index is 13.2. The second-order valence-electron chi connectivity index (χ2n) is 7.21. The van der Waals surface area contributed by atoms with Crippen LogP contribution in [0.4, 0.5) is 5.69 Å². The summed E-state index contributed by atoms with van der Waals surface area (Å²) in [5, 5.41) is 2.90. The lowest BCUT2D eigenvalue weighted by atomic mass is 9.98. The quantitative estimate of drug-likeness (QED) is 0.832. The van der Waals surface area contributed by atoms with Crippen LogP contribution in [0.25, 0.3) is 0 Å². The zero-order valence-electron chi connectivity index (χ0n) is 16.4. The molecule has 1 amide bonds. The molecule has 1 atom stereocenters. The molecular formula is C21H26N2O4S. The number of aryl methyl sites for hydroxylation is 2. The SMILES string of the molecule is COc1ccc(C)cc1S(=O)(=O)N1CCC[C@@H](C(=O)Nc2ccc(C)cc2)C1. The summed E-state index contributed by atoms with van der Waals surface area (Å²) in [4.78, 5) is 12.8. The Hall–Kier alpha value is -2.38. The lowest BCUT2D eigenvalue weighted by Gasteiger charge is -2.31. The predicted octanol–water partition coefficient (Wildman–Crippen LogP) is 3.35. The van der Waals surface area contributed by atoms with Gasteiger partial charge in [0, 0.05) is 18.8 Å². The molecule has 0 bridgehead atoms. The Morgan fingerprint density at radius 3 is 2.46 bits per heavy atom. The van der Waals surface area contributed by atoms with E-state index in [9.17, 15) is 13.2 Å². The molecule has 0 saturated carbocycles. The van der Waals surface area contributed by atoms with Crippen LogP contribution in [0.2, 0.25) is 0 Å². The Morgan fingerprint density at radius 1 is 1.11 bits per heavy atom. The molecule has 1 heterocycles. The molecule has 0 aliphatic carbocycles. The number of amides is 1. The fourth-order valence-electron chi connectivity index (χ4n) is 3.38. The standard InChI is InChI=1S/C21H26N2O4S/c1-15-6-9-18(10-7-15)22-21(24)17-5-4-12-23(14-17)28(25,26)20-13-16(2)8-11-19(20)27-3/h6-11,13,17H,4-5,12,14H2,1-3H3,(H,22,24)/t17-/m1/s1. The number of ether oxygens (including phenoxy) is 1. The van der Waals surface area contributed by atoms with Crippen LogP contribution >= 0.6 is 0 Å². The van der Waals surface area contributed by atoms with Gasteiger partial charge in [0.2, 0.25) is 15.9 Å². The van der Waals surface area contributed by atoms with Gasteiger partial charge < -0.3 is 10.1 Å². The lowest BCUT2D eigenvalue weighted by molar-refractivity contribution is -0.120. The number of hydrogen-bond donors (Lipinski definition) is 1. The van der Waals surface area contributed by atoms with E-state index in [1.165, 1.54) is 11.4 Å². The minimum atomic E-state index is -3.74. The molecule has 0 aromatic heterocycles. The number of nitrogens with one attached hydrogen (secondary N) is 1. The number of nitrogens with zero attached hydrogens (tertiary/aromatic N) is 1. The highest BCUT2D eigenvalue weighted by atomic mass is 32.2. The topological polar surface area (TPSA) is 75.7 Å². The molecule has 1 N–H and O–H groups in total. The normalized spacial score (nSPS) is 17.9. The van der Waals surface area contributed by atoms with Crippen molar-refractivity contribution in [2.45, 2.75) is 31.6 Å². The highest BCUT2D eigenvalue weighted by Crippen LogP contribution is 2.31. The second kappa shape index (κ2) is 8.32. The minimum absolute atomic E-state index is 0.148. The van der Waals surface area contributed by atoms with Crippen molar-refractivity contribution in [2.24, 2.45) is 5.92 Å². The third kappa shape index (κ3) is 4.36. The fraction of sp³-hybridized carbons (Fsp3) is 0.381. The van der Waals surface area contributed by atoms with Crippen LogP contribution in [-0.2, 0) is 14.8 Å². The second-order valence-corrected chi connectivity index (χ2v) is 9.12. The molecule has 2 aromatic carbocycles. The van der Waals surface area contributed by atoms with E-state index < -0.39 is 10.0 Å². The zero-order valence-corrected chi connectivity index (χ0v) is 17.3. The molecule has 150 valence electrons. The van der Waals surface area contributed by atoms with Crippen LogP contribution < -0.4 is 10.1 Å². The molecule has 3 rings (SSSR count). The van der Waals surface area contributed by atoms with Gasteiger partial charge in [0.15, 0.2) is 0 Å². The Morgan fingerprint density at radius 2 is 1.79 bits per heavy atom. The van der Waals surface area contributed by atoms with Gasteiger partial charge in [-0.15, -0.1) is 0 Å². The molecule has 28 heavy (non-hydrogen) atoms. The summed E-state index contributed by atoms with van der Waals surface area (Å²) >= 11 is 0. The van der Waals surface area contributed by atoms with Crippen LogP contribution in [0.1, 0.15) is 24.0 Å². The van der Waals surface area contributed by atoms with Gasteiger partial charge in [0.1, 0.15) is 10.6 Å². The number of carbonyl (C=O) groups excluding carboxylic acids is 1. The van der Waals surface area contributed by atoms with Gasteiger partial charge in [-0.05, 0) is 56.5 Å². The molecule has 0 unspecified atom stereocenters. The van der Waals surface area contributed by atoms with Crippen molar-refractivity contribution >= 4 is 21.6 Å². The van der Waals surface area contributed by atoms with E-state index >= 15 is 0 Å². The maximum Gasteiger partial charge on any atom is 0.246 e. The highest BCUT2D eigenvalue weighted by Gasteiger charge is 2.34. The van der Waals surface area contributed by atoms with Crippen molar-refractivity contribution in [1.82, 2.24) is 4.31 Å². The van der Waals surface area contributed by atoms with Gasteiger partial charge in [0.05, 0.1) is 13.0 Å². The molecule has 6 nitrogen and oxygen atoms in total. The van der Waals surface area contributed by atoms with Gasteiger partial charge in [0.25, 0.3) is 0 Å². The number of rotatable bonds is 5. The van der Waals surface area contributed by atoms with Crippen LogP contribution in [0.3, 0.4) is 0 Å². The van der Waals surface area contributed by atoms with E-state index in [1.54, 1.807) is 12.1 Å². The summed E-state index contributed by atoms with van der Waals surface area (Å²) in [5.74, 6) is -0.225. The van der Waals surface area contributed by atoms with E-state index in [2.05, 4.69) is 5.32 Å². The minimum Gasteiger partial charge on any atom is -0.495 e. The fourth-order valence-corrected chi connectivity index (χ4v) is 5.14. The molecule has 1 fully saturated rings. The highest BCUT2D eigenvalue weighted by molar-refractivity contribution is 7.89. The molecule has 0 radical (unpaired) electrons. The van der Waals surface area contributed by atoms with Crippen molar-refractivity contribution in [3.8, 4) is 5.75 Å². The molecule has 1 saturated heterocycles. The number of anilines is 1. The molecule has 1 aliphatic rings. The van der Waals surface area contributed by atoms with Crippen molar-refractivity contribution in [1.29, 1.82) is 0 Å². The van der Waals surface area contributed by atoms with E-state index in [0.29, 0.717) is 25.1 Å². The molecule has 2 aromatic rings. The van der Waals surface area contributed by atoms with Crippen LogP contribution in [0, 0.1) is 19.8 Å². The number of piperidine rings is 1. The van der Waals surface area contributed by atoms with Gasteiger partial charge in [-0.3, -0.25) is 4.79 Å². The number of benzene rings is 2. The summed E-state index contributed by atoms with van der Waals surface area (Å²) in [5.41, 5.74) is 2.67. The molecule has 0 spiro atoms. The number of sulfonamides is 1. The van der Waals surface area contributed by atoms with Gasteiger partial charge in [-0.1, -0.05) is 23.8 Å². The summed E-state index contributed by atoms with van der Waals surface area (Å²) in [7, 11) is -2.29. The van der Waals surface area contributed by atoms with Crippen LogP contribution in [0.5, 0.6) is 5.75 Å². The third-order valence-electron chi connectivity index (χ3n) is 5.01. The Kier molecular flexibility index (Phi) is 6.05. The van der Waals surface area contributed by atoms with E-state index in [0.717, 1.165) is 16.8 Å². The summed E-state index contributed by atoms with van der Waals surface area (Å²) < 4.78 is 33.0. The van der Waals surface area contributed by atoms with Crippen molar-refractivity contribution < 1.29 is 17.9 Å². The smallest absolute Gasteiger partial charge is 0.246 e. The molecule has 7 heteroatoms. The summed E-state index contributed by atoms with van der Waals surface area (Å²) in [6.07, 6.45) is 1.30. The first kappa shape index (κ1) is 20.4. The predicted molar refractivity (Wildman–Crippen MR) is 109 cm³/mol. The average Bonchev–Trinajstić information content (AvgIpc) is 2.69. The Labute approximate surface area is 166 Å². The number of hydrogen-bond acceptors (Lipinski definition) is 4. The maximum atomic E-state index is 13.2. The monoisotopic (exact) mass is 402 g/mol. The average molecular weight is 403 g/mol. The van der Waals surface area contributed by atoms with Gasteiger partial charge in [-0.2, -0.15) is 4.31 Å². The zero-order chi connectivity index (χ0) is 20.3. The van der Waals surface area contributed by atoms with E-state index in [4.69, 9.17) is 4.74 Å². The van der Waals surface area contributed by atoms with Crippen LogP contribution in [-0.4, -0.2) is 38.8 Å². The number of carbonyl (C=O) groups is 1. The van der Waals surface area contributed by atoms with Crippen molar-refractivity contribution in [3.05, 3.63) is 53.6 Å². The summed E-state index contributed by atoms with van der Waals surface area (Å²) in [6.45, 7) is 4.38. The Balaban J connectivity index is 1.78.